The first kappa shape index (κ1) is 12.7. The third-order valence-corrected chi connectivity index (χ3v) is 4.51. The van der Waals surface area contributed by atoms with Crippen molar-refractivity contribution in [3.8, 4) is 0 Å². The first-order valence-electron chi connectivity index (χ1n) is 7.02. The molecule has 1 aliphatic carbocycles. The number of fused-ring (bicyclic) bond motifs is 2. The van der Waals surface area contributed by atoms with Gasteiger partial charge in [0.25, 0.3) is 5.91 Å². The highest BCUT2D eigenvalue weighted by Crippen LogP contribution is 2.52. The van der Waals surface area contributed by atoms with Gasteiger partial charge in [-0.15, -0.1) is 0 Å². The van der Waals surface area contributed by atoms with Gasteiger partial charge in [0.1, 0.15) is 0 Å². The normalized spacial score (nSPS) is 32.6. The van der Waals surface area contributed by atoms with Crippen molar-refractivity contribution in [3.05, 3.63) is 17.5 Å². The number of carbonyl (C=O) groups excluding carboxylic acids is 1. The third kappa shape index (κ3) is 2.17. The molecule has 2 heterocycles. The largest absolute Gasteiger partial charge is 0.351 e. The standard InChI is InChI=1S/C15H22N2O2/c1-10-5-12(19-16-10)13(18)17-9-15(4)7-11(17)6-14(2,3)8-15/h5,11H,6-9H2,1-4H3/t11-,15+/m0/s1. The van der Waals surface area contributed by atoms with Crippen LogP contribution in [0.1, 0.15) is 56.3 Å². The summed E-state index contributed by atoms with van der Waals surface area (Å²) >= 11 is 0. The van der Waals surface area contributed by atoms with Gasteiger partial charge < -0.3 is 9.42 Å². The molecule has 0 unspecified atom stereocenters. The maximum Gasteiger partial charge on any atom is 0.292 e. The molecule has 4 heteroatoms. The second-order valence-corrected chi connectivity index (χ2v) is 7.48. The Labute approximate surface area is 114 Å². The Hall–Kier alpha value is -1.32. The maximum absolute atomic E-state index is 12.5. The van der Waals surface area contributed by atoms with E-state index in [4.69, 9.17) is 4.52 Å². The number of hydrogen-bond donors (Lipinski definition) is 0. The lowest BCUT2D eigenvalue weighted by molar-refractivity contribution is 0.0667. The van der Waals surface area contributed by atoms with E-state index in [1.54, 1.807) is 6.07 Å². The van der Waals surface area contributed by atoms with Gasteiger partial charge in [-0.2, -0.15) is 0 Å². The minimum absolute atomic E-state index is 0.00650. The van der Waals surface area contributed by atoms with Gasteiger partial charge in [-0.25, -0.2) is 0 Å². The minimum atomic E-state index is 0.00650. The Morgan fingerprint density at radius 2 is 2.16 bits per heavy atom. The third-order valence-electron chi connectivity index (χ3n) is 4.51. The smallest absolute Gasteiger partial charge is 0.292 e. The first-order chi connectivity index (χ1) is 8.78. The zero-order valence-corrected chi connectivity index (χ0v) is 12.2. The molecule has 1 saturated carbocycles. The van der Waals surface area contributed by atoms with E-state index < -0.39 is 0 Å². The molecule has 0 spiro atoms. The summed E-state index contributed by atoms with van der Waals surface area (Å²) in [6, 6.07) is 2.09. The molecule has 104 valence electrons. The zero-order chi connectivity index (χ0) is 13.8. The van der Waals surface area contributed by atoms with Crippen LogP contribution in [0.4, 0.5) is 0 Å². The molecule has 2 fully saturated rings. The predicted octanol–water partition coefficient (Wildman–Crippen LogP) is 3.02. The average molecular weight is 262 g/mol. The second-order valence-electron chi connectivity index (χ2n) is 7.48. The summed E-state index contributed by atoms with van der Waals surface area (Å²) in [5, 5.41) is 3.82. The monoisotopic (exact) mass is 262 g/mol. The summed E-state index contributed by atoms with van der Waals surface area (Å²) < 4.78 is 5.13. The molecule has 19 heavy (non-hydrogen) atoms. The lowest BCUT2D eigenvalue weighted by Crippen LogP contribution is -2.37. The summed E-state index contributed by atoms with van der Waals surface area (Å²) in [5.74, 6) is 0.387. The molecule has 1 aromatic rings. The van der Waals surface area contributed by atoms with Crippen LogP contribution < -0.4 is 0 Å². The lowest BCUT2D eigenvalue weighted by Gasteiger charge is -2.39. The van der Waals surface area contributed by atoms with E-state index in [1.807, 2.05) is 11.8 Å². The number of aromatic nitrogens is 1. The molecule has 1 aromatic heterocycles. The van der Waals surface area contributed by atoms with E-state index >= 15 is 0 Å². The fourth-order valence-corrected chi connectivity index (χ4v) is 4.30. The minimum Gasteiger partial charge on any atom is -0.351 e. The van der Waals surface area contributed by atoms with Crippen molar-refractivity contribution in [2.75, 3.05) is 6.54 Å². The van der Waals surface area contributed by atoms with Gasteiger partial charge in [-0.1, -0.05) is 25.9 Å². The lowest BCUT2D eigenvalue weighted by atomic mass is 9.65. The van der Waals surface area contributed by atoms with Crippen molar-refractivity contribution in [3.63, 3.8) is 0 Å². The van der Waals surface area contributed by atoms with E-state index in [9.17, 15) is 4.79 Å². The molecule has 0 radical (unpaired) electrons. The second kappa shape index (κ2) is 3.84. The van der Waals surface area contributed by atoms with Crippen molar-refractivity contribution in [2.24, 2.45) is 10.8 Å². The van der Waals surface area contributed by atoms with E-state index in [0.29, 0.717) is 17.2 Å². The highest BCUT2D eigenvalue weighted by molar-refractivity contribution is 5.92. The van der Waals surface area contributed by atoms with Crippen LogP contribution in [0.25, 0.3) is 0 Å². The van der Waals surface area contributed by atoms with Gasteiger partial charge in [0.15, 0.2) is 0 Å². The number of amides is 1. The summed E-state index contributed by atoms with van der Waals surface area (Å²) in [5.41, 5.74) is 1.35. The Morgan fingerprint density at radius 1 is 1.42 bits per heavy atom. The number of hydrogen-bond acceptors (Lipinski definition) is 3. The fourth-order valence-electron chi connectivity index (χ4n) is 4.30. The summed E-state index contributed by atoms with van der Waals surface area (Å²) in [6.07, 6.45) is 3.40. The Bertz CT molecular complexity index is 520. The van der Waals surface area contributed by atoms with Gasteiger partial charge in [0, 0.05) is 18.7 Å². The Morgan fingerprint density at radius 3 is 2.79 bits per heavy atom. The summed E-state index contributed by atoms with van der Waals surface area (Å²) in [4.78, 5) is 14.6. The molecule has 1 amide bonds. The molecule has 4 nitrogen and oxygen atoms in total. The zero-order valence-electron chi connectivity index (χ0n) is 12.2. The van der Waals surface area contributed by atoms with Crippen molar-refractivity contribution >= 4 is 5.91 Å². The molecule has 0 N–H and O–H groups in total. The van der Waals surface area contributed by atoms with E-state index in [-0.39, 0.29) is 11.3 Å². The van der Waals surface area contributed by atoms with Crippen molar-refractivity contribution < 1.29 is 9.32 Å². The molecule has 2 aliphatic rings. The van der Waals surface area contributed by atoms with Gasteiger partial charge in [0.2, 0.25) is 5.76 Å². The van der Waals surface area contributed by atoms with Crippen molar-refractivity contribution in [1.82, 2.24) is 10.1 Å². The number of carbonyl (C=O) groups is 1. The van der Waals surface area contributed by atoms with Crippen LogP contribution in [0.2, 0.25) is 0 Å². The van der Waals surface area contributed by atoms with Gasteiger partial charge >= 0.3 is 0 Å². The van der Waals surface area contributed by atoms with Crippen LogP contribution in [0, 0.1) is 17.8 Å². The van der Waals surface area contributed by atoms with Crippen LogP contribution in [-0.2, 0) is 0 Å². The van der Waals surface area contributed by atoms with Crippen LogP contribution in [0.3, 0.4) is 0 Å². The predicted molar refractivity (Wildman–Crippen MR) is 71.8 cm³/mol. The fraction of sp³-hybridized carbons (Fsp3) is 0.733. The van der Waals surface area contributed by atoms with Gasteiger partial charge in [0.05, 0.1) is 5.69 Å². The SMILES string of the molecule is Cc1cc(C(=O)N2C[C@]3(C)C[C@@H]2CC(C)(C)C3)on1. The van der Waals surface area contributed by atoms with E-state index in [2.05, 4.69) is 25.9 Å². The Balaban J connectivity index is 1.86. The van der Waals surface area contributed by atoms with E-state index in [0.717, 1.165) is 25.1 Å². The maximum atomic E-state index is 12.5. The van der Waals surface area contributed by atoms with Crippen LogP contribution in [0.15, 0.2) is 10.6 Å². The van der Waals surface area contributed by atoms with Crippen LogP contribution >= 0.6 is 0 Å². The molecule has 3 rings (SSSR count). The number of likely N-dealkylation sites (tertiary alicyclic amines) is 1. The number of rotatable bonds is 1. The topological polar surface area (TPSA) is 46.3 Å². The quantitative estimate of drug-likeness (QED) is 0.781. The van der Waals surface area contributed by atoms with Gasteiger partial charge in [-0.05, 0) is 37.0 Å². The molecular weight excluding hydrogens is 240 g/mol. The number of aryl methyl sites for hydroxylation is 1. The van der Waals surface area contributed by atoms with Crippen molar-refractivity contribution in [2.45, 2.75) is 53.0 Å². The highest BCUT2D eigenvalue weighted by Gasteiger charge is 2.51. The summed E-state index contributed by atoms with van der Waals surface area (Å²) in [6.45, 7) is 9.61. The molecule has 2 atom stereocenters. The van der Waals surface area contributed by atoms with Gasteiger partial charge in [-0.3, -0.25) is 4.79 Å². The average Bonchev–Trinajstić information content (AvgIpc) is 2.78. The molecule has 1 saturated heterocycles. The van der Waals surface area contributed by atoms with Crippen molar-refractivity contribution in [1.29, 1.82) is 0 Å². The number of nitrogens with zero attached hydrogens (tertiary/aromatic N) is 2. The van der Waals surface area contributed by atoms with E-state index in [1.165, 1.54) is 6.42 Å². The summed E-state index contributed by atoms with van der Waals surface area (Å²) in [7, 11) is 0. The Kier molecular flexibility index (Phi) is 2.57. The first-order valence-corrected chi connectivity index (χ1v) is 7.02. The molecule has 1 aliphatic heterocycles. The molecule has 0 aromatic carbocycles. The molecular formula is C15H22N2O2. The highest BCUT2D eigenvalue weighted by atomic mass is 16.5. The molecule has 2 bridgehead atoms. The van der Waals surface area contributed by atoms with Crippen LogP contribution in [-0.4, -0.2) is 28.6 Å². The van der Waals surface area contributed by atoms with Crippen LogP contribution in [0.5, 0.6) is 0 Å².